The molecule has 1 N–H and O–H groups in total. The van der Waals surface area contributed by atoms with Crippen molar-refractivity contribution in [2.45, 2.75) is 32.1 Å². The van der Waals surface area contributed by atoms with E-state index in [1.54, 1.807) is 29.2 Å². The molecule has 1 amide bonds. The van der Waals surface area contributed by atoms with Crippen molar-refractivity contribution in [1.82, 2.24) is 20.0 Å². The first-order chi connectivity index (χ1) is 11.8. The second-order valence-electron chi connectivity index (χ2n) is 6.18. The van der Waals surface area contributed by atoms with E-state index in [0.29, 0.717) is 24.3 Å². The van der Waals surface area contributed by atoms with Gasteiger partial charge in [0, 0.05) is 36.9 Å². The zero-order valence-electron chi connectivity index (χ0n) is 13.9. The van der Waals surface area contributed by atoms with Crippen LogP contribution in [0.1, 0.15) is 29.9 Å². The lowest BCUT2D eigenvalue weighted by Gasteiger charge is -2.38. The third-order valence-electron chi connectivity index (χ3n) is 4.53. The molecule has 2 aromatic rings. The number of amides is 1. The van der Waals surface area contributed by atoms with Gasteiger partial charge in [-0.25, -0.2) is 4.68 Å². The number of carbonyl (C=O) groups is 1. The molecule has 5 nitrogen and oxygen atoms in total. The second kappa shape index (κ2) is 6.51. The maximum absolute atomic E-state index is 12.8. The highest BCUT2D eigenvalue weighted by molar-refractivity contribution is 5.95. The highest BCUT2D eigenvalue weighted by Crippen LogP contribution is 2.28. The van der Waals surface area contributed by atoms with E-state index in [4.69, 9.17) is 0 Å². The van der Waals surface area contributed by atoms with Crippen LogP contribution in [0.2, 0.25) is 0 Å². The number of carbonyl (C=O) groups excluding carboxylic acids is 1. The third kappa shape index (κ3) is 3.53. The molecule has 1 aliphatic heterocycles. The van der Waals surface area contributed by atoms with Crippen LogP contribution in [0, 0.1) is 0 Å². The average Bonchev–Trinajstić information content (AvgIpc) is 3.07. The Morgan fingerprint density at radius 1 is 1.28 bits per heavy atom. The summed E-state index contributed by atoms with van der Waals surface area (Å²) in [6.07, 6.45) is -3.26. The van der Waals surface area contributed by atoms with Crippen LogP contribution in [-0.2, 0) is 6.18 Å². The number of alkyl halides is 3. The van der Waals surface area contributed by atoms with Gasteiger partial charge in [-0.3, -0.25) is 4.79 Å². The molecule has 134 valence electrons. The van der Waals surface area contributed by atoms with Crippen molar-refractivity contribution in [2.24, 2.45) is 0 Å². The minimum absolute atomic E-state index is 0.0337. The van der Waals surface area contributed by atoms with Crippen LogP contribution in [0.15, 0.2) is 36.5 Å². The first kappa shape index (κ1) is 17.5. The van der Waals surface area contributed by atoms with E-state index in [1.165, 1.54) is 6.20 Å². The maximum atomic E-state index is 12.8. The van der Waals surface area contributed by atoms with Gasteiger partial charge in [0.25, 0.3) is 5.91 Å². The summed E-state index contributed by atoms with van der Waals surface area (Å²) in [6, 6.07) is 7.62. The molecule has 1 aliphatic rings. The topological polar surface area (TPSA) is 50.2 Å². The molecule has 2 heterocycles. The van der Waals surface area contributed by atoms with Gasteiger partial charge in [0.05, 0.1) is 5.69 Å². The monoisotopic (exact) mass is 352 g/mol. The van der Waals surface area contributed by atoms with Crippen LogP contribution >= 0.6 is 0 Å². The molecule has 1 aromatic heterocycles. The maximum Gasteiger partial charge on any atom is 0.435 e. The van der Waals surface area contributed by atoms with Crippen molar-refractivity contribution >= 4 is 5.91 Å². The summed E-state index contributed by atoms with van der Waals surface area (Å²) in [4.78, 5) is 14.6. The van der Waals surface area contributed by atoms with Gasteiger partial charge >= 0.3 is 6.18 Å². The van der Waals surface area contributed by atoms with Crippen molar-refractivity contribution in [3.8, 4) is 5.69 Å². The molecular formula is C17H19F3N4O. The number of rotatable bonds is 2. The quantitative estimate of drug-likeness (QED) is 0.904. The minimum Gasteiger partial charge on any atom is -0.333 e. The van der Waals surface area contributed by atoms with E-state index in [9.17, 15) is 18.0 Å². The van der Waals surface area contributed by atoms with E-state index in [1.807, 2.05) is 13.8 Å². The summed E-state index contributed by atoms with van der Waals surface area (Å²) in [5, 5.41) is 6.86. The third-order valence-corrected chi connectivity index (χ3v) is 4.53. The molecular weight excluding hydrogens is 333 g/mol. The number of piperazine rings is 1. The number of hydrogen-bond donors (Lipinski definition) is 1. The lowest BCUT2D eigenvalue weighted by atomic mass is 10.1. The summed E-state index contributed by atoms with van der Waals surface area (Å²) in [5.74, 6) is -0.133. The molecule has 1 saturated heterocycles. The Kier molecular flexibility index (Phi) is 4.55. The van der Waals surface area contributed by atoms with Crippen molar-refractivity contribution in [3.05, 3.63) is 47.8 Å². The molecule has 0 aliphatic carbocycles. The van der Waals surface area contributed by atoms with Crippen molar-refractivity contribution < 1.29 is 18.0 Å². The highest BCUT2D eigenvalue weighted by atomic mass is 19.4. The zero-order chi connectivity index (χ0) is 18.2. The van der Waals surface area contributed by atoms with Crippen LogP contribution in [-0.4, -0.2) is 45.8 Å². The van der Waals surface area contributed by atoms with E-state index in [0.717, 1.165) is 10.7 Å². The van der Waals surface area contributed by atoms with E-state index < -0.39 is 11.9 Å². The molecule has 8 heteroatoms. The van der Waals surface area contributed by atoms with E-state index >= 15 is 0 Å². The normalized spacial score (nSPS) is 21.4. The molecule has 1 aromatic carbocycles. The molecule has 0 radical (unpaired) electrons. The van der Waals surface area contributed by atoms with Crippen molar-refractivity contribution in [1.29, 1.82) is 0 Å². The lowest BCUT2D eigenvalue weighted by molar-refractivity contribution is -0.141. The summed E-state index contributed by atoms with van der Waals surface area (Å²) in [7, 11) is 0. The largest absolute Gasteiger partial charge is 0.435 e. The van der Waals surface area contributed by atoms with Crippen LogP contribution in [0.25, 0.3) is 5.69 Å². The van der Waals surface area contributed by atoms with Crippen LogP contribution < -0.4 is 5.32 Å². The highest BCUT2D eigenvalue weighted by Gasteiger charge is 2.34. The molecule has 0 bridgehead atoms. The Morgan fingerprint density at radius 2 is 2.04 bits per heavy atom. The fraction of sp³-hybridized carbons (Fsp3) is 0.412. The first-order valence-electron chi connectivity index (χ1n) is 8.05. The Balaban J connectivity index is 1.86. The number of nitrogens with one attached hydrogen (secondary N) is 1. The SMILES string of the molecule is CC1NCCN(C(=O)c2cccc(-n3ccc(C(F)(F)F)n3)c2)C1C. The van der Waals surface area contributed by atoms with Gasteiger partial charge in [-0.15, -0.1) is 0 Å². The Hall–Kier alpha value is -2.35. The number of aromatic nitrogens is 2. The molecule has 0 saturated carbocycles. The summed E-state index contributed by atoms with van der Waals surface area (Å²) in [5.41, 5.74) is -0.117. The number of benzene rings is 1. The fourth-order valence-corrected chi connectivity index (χ4v) is 2.91. The van der Waals surface area contributed by atoms with Crippen molar-refractivity contribution in [3.63, 3.8) is 0 Å². The Labute approximate surface area is 143 Å². The summed E-state index contributed by atoms with van der Waals surface area (Å²) < 4.78 is 39.2. The predicted octanol–water partition coefficient (Wildman–Crippen LogP) is 2.71. The fourth-order valence-electron chi connectivity index (χ4n) is 2.91. The van der Waals surface area contributed by atoms with Crippen LogP contribution in [0.4, 0.5) is 13.2 Å². The van der Waals surface area contributed by atoms with Gasteiger partial charge in [-0.05, 0) is 38.1 Å². The van der Waals surface area contributed by atoms with Crippen LogP contribution in [0.3, 0.4) is 0 Å². The van der Waals surface area contributed by atoms with Gasteiger partial charge in [0.2, 0.25) is 0 Å². The molecule has 2 atom stereocenters. The zero-order valence-corrected chi connectivity index (χ0v) is 13.9. The smallest absolute Gasteiger partial charge is 0.333 e. The number of halogens is 3. The van der Waals surface area contributed by atoms with Crippen molar-refractivity contribution in [2.75, 3.05) is 13.1 Å². The van der Waals surface area contributed by atoms with Gasteiger partial charge in [-0.2, -0.15) is 18.3 Å². The van der Waals surface area contributed by atoms with E-state index in [-0.39, 0.29) is 18.0 Å². The number of hydrogen-bond acceptors (Lipinski definition) is 3. The Bertz CT molecular complexity index is 771. The summed E-state index contributed by atoms with van der Waals surface area (Å²) >= 11 is 0. The summed E-state index contributed by atoms with van der Waals surface area (Å²) in [6.45, 7) is 5.30. The van der Waals surface area contributed by atoms with Gasteiger partial charge in [0.1, 0.15) is 0 Å². The molecule has 0 spiro atoms. The minimum atomic E-state index is -4.49. The lowest BCUT2D eigenvalue weighted by Crippen LogP contribution is -2.57. The molecule has 25 heavy (non-hydrogen) atoms. The molecule has 3 rings (SSSR count). The standard InChI is InChI=1S/C17H19F3N4O/c1-11-12(2)23(9-7-21-11)16(25)13-4-3-5-14(10-13)24-8-6-15(22-24)17(18,19)20/h3-6,8,10-12,21H,7,9H2,1-2H3. The molecule has 2 unspecified atom stereocenters. The van der Waals surface area contributed by atoms with Gasteiger partial charge in [-0.1, -0.05) is 6.07 Å². The molecule has 1 fully saturated rings. The van der Waals surface area contributed by atoms with Gasteiger partial charge in [0.15, 0.2) is 5.69 Å². The Morgan fingerprint density at radius 3 is 2.72 bits per heavy atom. The van der Waals surface area contributed by atoms with Gasteiger partial charge < -0.3 is 10.2 Å². The number of nitrogens with zero attached hydrogens (tertiary/aromatic N) is 3. The first-order valence-corrected chi connectivity index (χ1v) is 8.05. The average molecular weight is 352 g/mol. The van der Waals surface area contributed by atoms with E-state index in [2.05, 4.69) is 10.4 Å². The predicted molar refractivity (Wildman–Crippen MR) is 86.5 cm³/mol. The van der Waals surface area contributed by atoms with Crippen LogP contribution in [0.5, 0.6) is 0 Å². The second-order valence-corrected chi connectivity index (χ2v) is 6.18.